The highest BCUT2D eigenvalue weighted by molar-refractivity contribution is 5.98. The molecule has 110 valence electrons. The SMILES string of the molecule is C/C(=N\OCCCC(=O)O)c1nc2ccccc2nc1C. The zero-order valence-electron chi connectivity index (χ0n) is 12.0. The number of para-hydroxylation sites is 2. The maximum absolute atomic E-state index is 10.4. The van der Waals surface area contributed by atoms with Crippen molar-refractivity contribution in [2.45, 2.75) is 26.7 Å². The summed E-state index contributed by atoms with van der Waals surface area (Å²) in [6.45, 7) is 3.94. The topological polar surface area (TPSA) is 84.7 Å². The third kappa shape index (κ3) is 3.98. The molecule has 1 N–H and O–H groups in total. The van der Waals surface area contributed by atoms with E-state index in [4.69, 9.17) is 9.94 Å². The summed E-state index contributed by atoms with van der Waals surface area (Å²) >= 11 is 0. The molecule has 0 aliphatic carbocycles. The molecule has 2 aromatic rings. The number of fused-ring (bicyclic) bond motifs is 1. The number of hydrogen-bond acceptors (Lipinski definition) is 5. The van der Waals surface area contributed by atoms with E-state index in [9.17, 15) is 4.79 Å². The normalized spacial score (nSPS) is 11.6. The van der Waals surface area contributed by atoms with Crippen molar-refractivity contribution < 1.29 is 14.7 Å². The number of carboxylic acids is 1. The molecule has 1 heterocycles. The zero-order chi connectivity index (χ0) is 15.2. The second-order valence-electron chi connectivity index (χ2n) is 4.65. The Morgan fingerprint density at radius 3 is 2.62 bits per heavy atom. The highest BCUT2D eigenvalue weighted by atomic mass is 16.6. The van der Waals surface area contributed by atoms with Crippen LogP contribution in [-0.2, 0) is 9.63 Å². The van der Waals surface area contributed by atoms with Gasteiger partial charge in [0.15, 0.2) is 0 Å². The van der Waals surface area contributed by atoms with Crippen molar-refractivity contribution >= 4 is 22.7 Å². The van der Waals surface area contributed by atoms with Crippen LogP contribution < -0.4 is 0 Å². The number of aliphatic carboxylic acids is 1. The molecule has 21 heavy (non-hydrogen) atoms. The largest absolute Gasteiger partial charge is 0.481 e. The van der Waals surface area contributed by atoms with E-state index in [1.54, 1.807) is 6.92 Å². The van der Waals surface area contributed by atoms with E-state index in [0.717, 1.165) is 16.7 Å². The van der Waals surface area contributed by atoms with Crippen LogP contribution in [0.2, 0.25) is 0 Å². The van der Waals surface area contributed by atoms with Crippen molar-refractivity contribution in [3.8, 4) is 0 Å². The third-order valence-corrected chi connectivity index (χ3v) is 2.92. The van der Waals surface area contributed by atoms with Crippen LogP contribution >= 0.6 is 0 Å². The van der Waals surface area contributed by atoms with Crippen LogP contribution in [0, 0.1) is 6.92 Å². The minimum Gasteiger partial charge on any atom is -0.481 e. The van der Waals surface area contributed by atoms with Gasteiger partial charge in [-0.2, -0.15) is 0 Å². The summed E-state index contributed by atoms with van der Waals surface area (Å²) in [6.07, 6.45) is 0.498. The van der Waals surface area contributed by atoms with Gasteiger partial charge in [0.1, 0.15) is 18.0 Å². The van der Waals surface area contributed by atoms with E-state index in [2.05, 4.69) is 15.1 Å². The standard InChI is InChI=1S/C15H17N3O3/c1-10-15(11(2)18-21-9-5-8-14(19)20)17-13-7-4-3-6-12(13)16-10/h3-4,6-7H,5,8-9H2,1-2H3,(H,19,20)/b18-11+. The Morgan fingerprint density at radius 1 is 1.29 bits per heavy atom. The number of oxime groups is 1. The predicted octanol–water partition coefficient (Wildman–Crippen LogP) is 2.54. The molecule has 0 aliphatic rings. The van der Waals surface area contributed by atoms with Gasteiger partial charge in [-0.05, 0) is 32.4 Å². The maximum atomic E-state index is 10.4. The lowest BCUT2D eigenvalue weighted by atomic mass is 10.2. The molecule has 0 amide bonds. The zero-order valence-corrected chi connectivity index (χ0v) is 12.0. The van der Waals surface area contributed by atoms with Gasteiger partial charge in [0.2, 0.25) is 0 Å². The Kier molecular flexibility index (Phi) is 4.81. The summed E-state index contributed by atoms with van der Waals surface area (Å²) in [6, 6.07) is 7.63. The molecule has 0 atom stereocenters. The van der Waals surface area contributed by atoms with Crippen LogP contribution in [-0.4, -0.2) is 33.4 Å². The van der Waals surface area contributed by atoms with Crippen LogP contribution in [0.4, 0.5) is 0 Å². The highest BCUT2D eigenvalue weighted by Gasteiger charge is 2.08. The van der Waals surface area contributed by atoms with E-state index in [-0.39, 0.29) is 13.0 Å². The molecule has 6 nitrogen and oxygen atoms in total. The van der Waals surface area contributed by atoms with Crippen molar-refractivity contribution in [3.05, 3.63) is 35.7 Å². The fourth-order valence-corrected chi connectivity index (χ4v) is 1.90. The first-order chi connectivity index (χ1) is 10.1. The molecule has 1 aromatic carbocycles. The van der Waals surface area contributed by atoms with E-state index in [1.807, 2.05) is 31.2 Å². The lowest BCUT2D eigenvalue weighted by molar-refractivity contribution is -0.137. The van der Waals surface area contributed by atoms with Crippen molar-refractivity contribution in [1.82, 2.24) is 9.97 Å². The number of carboxylic acid groups (broad SMARTS) is 1. The van der Waals surface area contributed by atoms with Crippen molar-refractivity contribution in [2.24, 2.45) is 5.16 Å². The van der Waals surface area contributed by atoms with Crippen LogP contribution in [0.15, 0.2) is 29.4 Å². The van der Waals surface area contributed by atoms with Crippen LogP contribution in [0.1, 0.15) is 31.2 Å². The third-order valence-electron chi connectivity index (χ3n) is 2.92. The lowest BCUT2D eigenvalue weighted by Gasteiger charge is -2.06. The summed E-state index contributed by atoms with van der Waals surface area (Å²) < 4.78 is 0. The Morgan fingerprint density at radius 2 is 1.95 bits per heavy atom. The van der Waals surface area contributed by atoms with Crippen LogP contribution in [0.25, 0.3) is 11.0 Å². The van der Waals surface area contributed by atoms with Crippen molar-refractivity contribution in [1.29, 1.82) is 0 Å². The Hall–Kier alpha value is -2.50. The van der Waals surface area contributed by atoms with Crippen LogP contribution in [0.3, 0.4) is 0 Å². The molecular formula is C15H17N3O3. The molecule has 2 rings (SSSR count). The van der Waals surface area contributed by atoms with E-state index >= 15 is 0 Å². The molecule has 6 heteroatoms. The summed E-state index contributed by atoms with van der Waals surface area (Å²) in [4.78, 5) is 24.5. The van der Waals surface area contributed by atoms with Crippen molar-refractivity contribution in [2.75, 3.05) is 6.61 Å². The summed E-state index contributed by atoms with van der Waals surface area (Å²) in [5, 5.41) is 12.5. The smallest absolute Gasteiger partial charge is 0.303 e. The number of aryl methyl sites for hydroxylation is 1. The number of hydrogen-bond donors (Lipinski definition) is 1. The van der Waals surface area contributed by atoms with Gasteiger partial charge in [-0.1, -0.05) is 17.3 Å². The number of benzene rings is 1. The maximum Gasteiger partial charge on any atom is 0.303 e. The second kappa shape index (κ2) is 6.78. The first-order valence-electron chi connectivity index (χ1n) is 6.70. The molecule has 0 aliphatic heterocycles. The van der Waals surface area contributed by atoms with Gasteiger partial charge in [0.25, 0.3) is 0 Å². The van der Waals surface area contributed by atoms with Gasteiger partial charge in [0, 0.05) is 6.42 Å². The van der Waals surface area contributed by atoms with Crippen molar-refractivity contribution in [3.63, 3.8) is 0 Å². The second-order valence-corrected chi connectivity index (χ2v) is 4.65. The van der Waals surface area contributed by atoms with E-state index in [1.165, 1.54) is 0 Å². The van der Waals surface area contributed by atoms with Gasteiger partial charge < -0.3 is 9.94 Å². The molecule has 1 aromatic heterocycles. The van der Waals surface area contributed by atoms with E-state index in [0.29, 0.717) is 17.8 Å². The van der Waals surface area contributed by atoms with Gasteiger partial charge in [0.05, 0.1) is 16.7 Å². The minimum absolute atomic E-state index is 0.0728. The van der Waals surface area contributed by atoms with E-state index < -0.39 is 5.97 Å². The fourth-order valence-electron chi connectivity index (χ4n) is 1.90. The Labute approximate surface area is 122 Å². The molecule has 0 radical (unpaired) electrons. The monoisotopic (exact) mass is 287 g/mol. The van der Waals surface area contributed by atoms with Gasteiger partial charge in [-0.3, -0.25) is 4.79 Å². The van der Waals surface area contributed by atoms with Gasteiger partial charge in [-0.25, -0.2) is 9.97 Å². The summed E-state index contributed by atoms with van der Waals surface area (Å²) in [7, 11) is 0. The average Bonchev–Trinajstić information content (AvgIpc) is 2.45. The molecule has 0 spiro atoms. The molecule has 0 bridgehead atoms. The fraction of sp³-hybridized carbons (Fsp3) is 0.333. The quantitative estimate of drug-likeness (QED) is 0.501. The minimum atomic E-state index is -0.837. The number of carbonyl (C=O) groups is 1. The average molecular weight is 287 g/mol. The molecule has 0 fully saturated rings. The molecular weight excluding hydrogens is 270 g/mol. The van der Waals surface area contributed by atoms with Crippen LogP contribution in [0.5, 0.6) is 0 Å². The number of nitrogens with zero attached hydrogens (tertiary/aromatic N) is 3. The van der Waals surface area contributed by atoms with Gasteiger partial charge >= 0.3 is 5.97 Å². The summed E-state index contributed by atoms with van der Waals surface area (Å²) in [5.41, 5.74) is 3.74. The molecule has 0 unspecified atom stereocenters. The number of aromatic nitrogens is 2. The number of rotatable bonds is 6. The lowest BCUT2D eigenvalue weighted by Crippen LogP contribution is -2.06. The molecule has 0 saturated carbocycles. The first-order valence-corrected chi connectivity index (χ1v) is 6.70. The predicted molar refractivity (Wildman–Crippen MR) is 79.3 cm³/mol. The highest BCUT2D eigenvalue weighted by Crippen LogP contribution is 2.13. The Bertz CT molecular complexity index is 683. The molecule has 0 saturated heterocycles. The summed E-state index contributed by atoms with van der Waals surface area (Å²) in [5.74, 6) is -0.837. The van der Waals surface area contributed by atoms with Gasteiger partial charge in [-0.15, -0.1) is 0 Å². The first kappa shape index (κ1) is 14.9. The Balaban J connectivity index is 2.09.